The summed E-state index contributed by atoms with van der Waals surface area (Å²) in [5.74, 6) is 2.12. The Hall–Kier alpha value is -7.51. The number of benzene rings is 6. The number of carbonyl (C=O) groups is 3. The van der Waals surface area contributed by atoms with Crippen molar-refractivity contribution in [2.24, 2.45) is 16.2 Å². The van der Waals surface area contributed by atoms with Crippen LogP contribution in [-0.2, 0) is 25.7 Å². The number of nitrogens with zero attached hydrogens (tertiary/aromatic N) is 3. The first-order valence-corrected chi connectivity index (χ1v) is 33.7. The van der Waals surface area contributed by atoms with E-state index < -0.39 is 0 Å². The summed E-state index contributed by atoms with van der Waals surface area (Å²) in [5, 5.41) is 30.7. The number of aryl methyl sites for hydroxylation is 1. The Morgan fingerprint density at radius 3 is 1.40 bits per heavy atom. The third-order valence-corrected chi connectivity index (χ3v) is 20.7. The second-order valence-corrected chi connectivity index (χ2v) is 26.0. The minimum Gasteiger partial charge on any atom is -0.508 e. The van der Waals surface area contributed by atoms with Crippen molar-refractivity contribution >= 4 is 28.9 Å². The molecule has 12 nitrogen and oxygen atoms in total. The predicted molar refractivity (Wildman–Crippen MR) is 365 cm³/mol. The quantitative estimate of drug-likeness (QED) is 0.0719. The maximum atomic E-state index is 12.8. The summed E-state index contributed by atoms with van der Waals surface area (Å²) in [5.41, 5.74) is 17.8. The summed E-state index contributed by atoms with van der Waals surface area (Å²) in [7, 11) is 1.77. The number of aromatic hydroxyl groups is 2. The third-order valence-electron chi connectivity index (χ3n) is 20.7. The highest BCUT2D eigenvalue weighted by Crippen LogP contribution is 2.52. The van der Waals surface area contributed by atoms with Gasteiger partial charge in [0.2, 0.25) is 0 Å². The summed E-state index contributed by atoms with van der Waals surface area (Å²) in [6.07, 6.45) is 17.1. The number of hydrogen-bond acceptors (Lipinski definition) is 9. The first-order valence-electron chi connectivity index (χ1n) is 33.7. The highest BCUT2D eigenvalue weighted by molar-refractivity contribution is 5.96. The molecule has 3 aliphatic carbocycles. The second kappa shape index (κ2) is 29.2. The van der Waals surface area contributed by atoms with Crippen LogP contribution in [0.2, 0.25) is 0 Å². The van der Waals surface area contributed by atoms with Crippen LogP contribution in [0.25, 0.3) is 11.1 Å². The van der Waals surface area contributed by atoms with Crippen molar-refractivity contribution < 1.29 is 29.3 Å². The van der Waals surface area contributed by atoms with E-state index in [1.165, 1.54) is 62.9 Å². The van der Waals surface area contributed by atoms with Gasteiger partial charge in [0.15, 0.2) is 0 Å². The van der Waals surface area contributed by atoms with Gasteiger partial charge in [0.05, 0.1) is 7.11 Å². The van der Waals surface area contributed by atoms with Crippen molar-refractivity contribution in [2.45, 2.75) is 125 Å². The van der Waals surface area contributed by atoms with Gasteiger partial charge in [0, 0.05) is 67.4 Å². The summed E-state index contributed by atoms with van der Waals surface area (Å²) >= 11 is 0. The molecule has 3 spiro atoms. The van der Waals surface area contributed by atoms with Crippen LogP contribution in [0.3, 0.4) is 0 Å². The van der Waals surface area contributed by atoms with Crippen LogP contribution in [0.5, 0.6) is 17.2 Å². The second-order valence-electron chi connectivity index (χ2n) is 26.0. The Bertz CT molecular complexity index is 3520. The summed E-state index contributed by atoms with van der Waals surface area (Å²) < 4.78 is 5.89. The Morgan fingerprint density at radius 1 is 0.489 bits per heavy atom. The number of amides is 3. The van der Waals surface area contributed by atoms with E-state index in [1.54, 1.807) is 13.2 Å². The maximum Gasteiger partial charge on any atom is 0.253 e. The van der Waals surface area contributed by atoms with E-state index in [0.29, 0.717) is 30.0 Å². The van der Waals surface area contributed by atoms with E-state index in [9.17, 15) is 24.6 Å². The van der Waals surface area contributed by atoms with E-state index in [2.05, 4.69) is 95.7 Å². The van der Waals surface area contributed by atoms with Crippen molar-refractivity contribution in [1.82, 2.24) is 30.7 Å². The molecule has 1 unspecified atom stereocenters. The molecule has 0 bridgehead atoms. The predicted octanol–water partition coefficient (Wildman–Crippen LogP) is 13.7. The molecule has 6 aliphatic rings. The molecule has 3 fully saturated rings. The molecular weight excluding hydrogens is 1120 g/mol. The molecule has 476 valence electrons. The molecule has 3 aliphatic heterocycles. The topological polar surface area (TPSA) is 147 Å². The van der Waals surface area contributed by atoms with E-state index in [0.717, 1.165) is 162 Å². The van der Waals surface area contributed by atoms with Crippen molar-refractivity contribution in [3.8, 4) is 17.2 Å². The normalized spacial score (nSPS) is 18.2. The molecule has 12 heteroatoms. The molecule has 6 aromatic rings. The molecule has 5 N–H and O–H groups in total. The fourth-order valence-corrected chi connectivity index (χ4v) is 15.3. The van der Waals surface area contributed by atoms with Gasteiger partial charge in [0.25, 0.3) is 17.7 Å². The Kier molecular flexibility index (Phi) is 21.2. The van der Waals surface area contributed by atoms with E-state index in [1.807, 2.05) is 111 Å². The van der Waals surface area contributed by atoms with Crippen molar-refractivity contribution in [3.63, 3.8) is 0 Å². The Morgan fingerprint density at radius 2 is 0.922 bits per heavy atom. The lowest BCUT2D eigenvalue weighted by atomic mass is 9.61. The number of hydrogen-bond donors (Lipinski definition) is 5. The maximum absolute atomic E-state index is 12.8. The minimum atomic E-state index is 0.0760. The van der Waals surface area contributed by atoms with Crippen LogP contribution in [0.15, 0.2) is 133 Å². The lowest BCUT2D eigenvalue weighted by Gasteiger charge is -2.45. The molecule has 0 radical (unpaired) electrons. The summed E-state index contributed by atoms with van der Waals surface area (Å²) in [6.45, 7) is 25.0. The first-order chi connectivity index (χ1) is 43.6. The van der Waals surface area contributed by atoms with E-state index in [-0.39, 0.29) is 34.5 Å². The van der Waals surface area contributed by atoms with Crippen LogP contribution in [0.4, 0.5) is 0 Å². The number of piperidine rings is 3. The highest BCUT2D eigenvalue weighted by Gasteiger charge is 2.42. The lowest BCUT2D eigenvalue weighted by Crippen LogP contribution is -2.41. The number of phenols is 2. The molecule has 3 saturated heterocycles. The van der Waals surface area contributed by atoms with Crippen LogP contribution >= 0.6 is 0 Å². The van der Waals surface area contributed by atoms with Gasteiger partial charge >= 0.3 is 0 Å². The Labute approximate surface area is 536 Å². The molecular formula is C78H98N6O6. The average molecular weight is 1220 g/mol. The van der Waals surface area contributed by atoms with E-state index in [4.69, 9.17) is 4.74 Å². The van der Waals surface area contributed by atoms with Gasteiger partial charge in [-0.25, -0.2) is 0 Å². The zero-order valence-electron chi connectivity index (χ0n) is 54.9. The number of allylic oxidation sites excluding steroid dienone is 2. The first kappa shape index (κ1) is 65.4. The van der Waals surface area contributed by atoms with Gasteiger partial charge in [-0.05, 0) is 296 Å². The standard InChI is InChI=1S/C28H36N2O2.C25H32N2O2.C25H30N2O2/c1-5-20-16-23-18-28(12-14-29-15-13-28)19-24(26(23)25(17-20)32-4)21-8-10-22(11-9-21)27(31)30(6-2)7-3;2*1-3-27(4-2)24(29)19-7-5-18(6-8-19)23-17-25(11-13-26-14-12-25)16-20-9-10-21(28)15-22(20)23/h8-11,16-17,19,29H,5-7,12-15,18H2,1-4H3;5-10,15,23,26,28H,3-4,11-14,16-17H2,1-2H3;5-10,15,17,26,28H,3-4,11-14,16H2,1-2H3. The summed E-state index contributed by atoms with van der Waals surface area (Å²) in [4.78, 5) is 43.7. The van der Waals surface area contributed by atoms with Crippen molar-refractivity contribution in [3.05, 3.63) is 206 Å². The van der Waals surface area contributed by atoms with Crippen molar-refractivity contribution in [1.29, 1.82) is 0 Å². The smallest absolute Gasteiger partial charge is 0.253 e. The number of phenolic OH excluding ortho intramolecular Hbond substituents is 2. The number of carbonyl (C=O) groups excluding carboxylic acids is 3. The summed E-state index contributed by atoms with van der Waals surface area (Å²) in [6, 6.07) is 40.5. The van der Waals surface area contributed by atoms with Gasteiger partial charge < -0.3 is 45.6 Å². The number of methoxy groups -OCH3 is 1. The number of rotatable bonds is 14. The molecule has 6 aromatic carbocycles. The van der Waals surface area contributed by atoms with Crippen molar-refractivity contribution in [2.75, 3.05) is 85.6 Å². The number of ether oxygens (including phenoxy) is 1. The van der Waals surface area contributed by atoms with Crippen LogP contribution in [-0.4, -0.2) is 128 Å². The monoisotopic (exact) mass is 1210 g/mol. The SMILES string of the molecule is CCN(CC)C(=O)c1ccc(C2=CC3(CCNCC3)Cc3ccc(O)cc32)cc1.CCN(CC)C(=O)c1ccc(C2CC3(CCNCC3)Cc3ccc(O)cc32)cc1.CCc1cc2c(c(OC)c1)C(c1ccc(C(=O)N(CC)CC)cc1)=CC1(CCNCC1)C2. The Balaban J connectivity index is 0.000000149. The lowest BCUT2D eigenvalue weighted by molar-refractivity contribution is 0.0765. The van der Waals surface area contributed by atoms with Gasteiger partial charge in [-0.2, -0.15) is 0 Å². The molecule has 0 aromatic heterocycles. The average Bonchev–Trinajstić information content (AvgIpc) is 0.811. The number of fused-ring (bicyclic) bond motifs is 3. The molecule has 12 rings (SSSR count). The van der Waals surface area contributed by atoms with Crippen LogP contribution in [0, 0.1) is 16.2 Å². The fraction of sp³-hybridized carbons (Fsp3) is 0.449. The van der Waals surface area contributed by atoms with Gasteiger partial charge in [-0.3, -0.25) is 14.4 Å². The molecule has 0 saturated carbocycles. The zero-order valence-corrected chi connectivity index (χ0v) is 54.9. The van der Waals surface area contributed by atoms with Crippen LogP contribution < -0.4 is 20.7 Å². The van der Waals surface area contributed by atoms with Gasteiger partial charge in [-0.1, -0.05) is 73.7 Å². The third kappa shape index (κ3) is 14.3. The zero-order chi connectivity index (χ0) is 63.6. The highest BCUT2D eigenvalue weighted by atomic mass is 16.5. The molecule has 1 atom stereocenters. The van der Waals surface area contributed by atoms with Gasteiger partial charge in [0.1, 0.15) is 17.2 Å². The molecule has 90 heavy (non-hydrogen) atoms. The fourth-order valence-electron chi connectivity index (χ4n) is 15.3. The van der Waals surface area contributed by atoms with Crippen LogP contribution in [0.1, 0.15) is 186 Å². The van der Waals surface area contributed by atoms with E-state index >= 15 is 0 Å². The largest absolute Gasteiger partial charge is 0.508 e. The van der Waals surface area contributed by atoms with Gasteiger partial charge in [-0.15, -0.1) is 0 Å². The number of nitrogens with one attached hydrogen (secondary N) is 3. The molecule has 3 amide bonds. The molecule has 3 heterocycles. The minimum absolute atomic E-state index is 0.0760.